The third-order valence-corrected chi connectivity index (χ3v) is 4.39. The second kappa shape index (κ2) is 4.93. The van der Waals surface area contributed by atoms with E-state index in [4.69, 9.17) is 10.3 Å². The Morgan fingerprint density at radius 2 is 2.05 bits per heavy atom. The molecule has 0 saturated heterocycles. The van der Waals surface area contributed by atoms with Crippen molar-refractivity contribution in [2.45, 2.75) is 12.7 Å². The number of anilines is 2. The Balaban J connectivity index is 2.27. The minimum Gasteiger partial charge on any atom is -0.397 e. The number of benzene rings is 1. The molecular weight excluding hydrogens is 266 g/mol. The van der Waals surface area contributed by atoms with Crippen molar-refractivity contribution in [1.82, 2.24) is 5.16 Å². The molecule has 0 amide bonds. The molecule has 7 heteroatoms. The molecule has 0 aliphatic rings. The molecule has 0 fully saturated rings. The molecule has 0 spiro atoms. The number of sulfonamides is 1. The van der Waals surface area contributed by atoms with Crippen LogP contribution >= 0.6 is 0 Å². The van der Waals surface area contributed by atoms with Crippen molar-refractivity contribution in [3.63, 3.8) is 0 Å². The fourth-order valence-electron chi connectivity index (χ4n) is 1.69. The predicted octanol–water partition coefficient (Wildman–Crippen LogP) is 1.53. The van der Waals surface area contributed by atoms with Crippen LogP contribution in [-0.2, 0) is 15.8 Å². The Hall–Kier alpha value is -2.02. The quantitative estimate of drug-likeness (QED) is 0.858. The first-order valence-corrected chi connectivity index (χ1v) is 7.24. The summed E-state index contributed by atoms with van der Waals surface area (Å²) in [5.74, 6) is 0.349. The maximum atomic E-state index is 12.3. The van der Waals surface area contributed by atoms with Crippen molar-refractivity contribution in [2.24, 2.45) is 0 Å². The Labute approximate surface area is 111 Å². The third-order valence-electron chi connectivity index (χ3n) is 2.70. The summed E-state index contributed by atoms with van der Waals surface area (Å²) in [5.41, 5.74) is 7.00. The van der Waals surface area contributed by atoms with Crippen LogP contribution in [0.4, 0.5) is 11.4 Å². The highest BCUT2D eigenvalue weighted by atomic mass is 32.2. The maximum Gasteiger partial charge on any atom is 0.240 e. The molecule has 2 N–H and O–H groups in total. The Morgan fingerprint density at radius 1 is 1.37 bits per heavy atom. The van der Waals surface area contributed by atoms with E-state index in [0.717, 1.165) is 4.31 Å². The van der Waals surface area contributed by atoms with E-state index in [2.05, 4.69) is 5.16 Å². The topological polar surface area (TPSA) is 89.4 Å². The van der Waals surface area contributed by atoms with Crippen molar-refractivity contribution < 1.29 is 12.9 Å². The van der Waals surface area contributed by atoms with Gasteiger partial charge in [0.25, 0.3) is 0 Å². The monoisotopic (exact) mass is 281 g/mol. The summed E-state index contributed by atoms with van der Waals surface area (Å²) in [6.07, 6.45) is 0. The molecule has 6 nitrogen and oxygen atoms in total. The summed E-state index contributed by atoms with van der Waals surface area (Å²) in [6.45, 7) is 1.71. The standard InChI is InChI=1S/C12H15N3O3S/c1-9-7-10(14-18-9)8-19(16,17)15(2)12-6-4-3-5-11(12)13/h3-7H,8,13H2,1-2H3. The minimum absolute atomic E-state index is 0.227. The van der Waals surface area contributed by atoms with Gasteiger partial charge < -0.3 is 10.3 Å². The molecule has 0 radical (unpaired) electrons. The van der Waals surface area contributed by atoms with Gasteiger partial charge in [0.15, 0.2) is 0 Å². The van der Waals surface area contributed by atoms with Crippen LogP contribution < -0.4 is 10.0 Å². The number of nitrogens with zero attached hydrogens (tertiary/aromatic N) is 2. The van der Waals surface area contributed by atoms with E-state index < -0.39 is 10.0 Å². The zero-order valence-corrected chi connectivity index (χ0v) is 11.5. The van der Waals surface area contributed by atoms with E-state index in [1.54, 1.807) is 37.3 Å². The lowest BCUT2D eigenvalue weighted by Gasteiger charge is -2.20. The molecular formula is C12H15N3O3S. The molecule has 0 atom stereocenters. The molecule has 1 heterocycles. The summed E-state index contributed by atoms with van der Waals surface area (Å²) in [6, 6.07) is 8.39. The SMILES string of the molecule is Cc1cc(CS(=O)(=O)N(C)c2ccccc2N)no1. The van der Waals surface area contributed by atoms with E-state index in [9.17, 15) is 8.42 Å². The zero-order chi connectivity index (χ0) is 14.0. The number of nitrogen functional groups attached to an aromatic ring is 1. The maximum absolute atomic E-state index is 12.3. The van der Waals surface area contributed by atoms with Crippen molar-refractivity contribution in [3.8, 4) is 0 Å². The van der Waals surface area contributed by atoms with Crippen LogP contribution in [0, 0.1) is 6.92 Å². The van der Waals surface area contributed by atoms with Gasteiger partial charge in [-0.05, 0) is 19.1 Å². The van der Waals surface area contributed by atoms with Gasteiger partial charge in [0.05, 0.1) is 11.4 Å². The molecule has 0 bridgehead atoms. The fraction of sp³-hybridized carbons (Fsp3) is 0.250. The van der Waals surface area contributed by atoms with E-state index in [1.807, 2.05) is 0 Å². The lowest BCUT2D eigenvalue weighted by molar-refractivity contribution is 0.392. The lowest BCUT2D eigenvalue weighted by Crippen LogP contribution is -2.28. The number of hydrogen-bond acceptors (Lipinski definition) is 5. The largest absolute Gasteiger partial charge is 0.397 e. The number of aryl methyl sites for hydroxylation is 1. The van der Waals surface area contributed by atoms with Crippen LogP contribution in [0.3, 0.4) is 0 Å². The van der Waals surface area contributed by atoms with Crippen LogP contribution in [0.1, 0.15) is 11.5 Å². The first-order valence-electron chi connectivity index (χ1n) is 5.63. The molecule has 0 unspecified atom stereocenters. The summed E-state index contributed by atoms with van der Waals surface area (Å²) >= 11 is 0. The molecule has 0 saturated carbocycles. The molecule has 2 aromatic rings. The lowest BCUT2D eigenvalue weighted by atomic mass is 10.3. The number of hydrogen-bond donors (Lipinski definition) is 1. The van der Waals surface area contributed by atoms with Crippen molar-refractivity contribution in [3.05, 3.63) is 41.8 Å². The predicted molar refractivity (Wildman–Crippen MR) is 73.1 cm³/mol. The van der Waals surface area contributed by atoms with E-state index in [0.29, 0.717) is 22.8 Å². The third kappa shape index (κ3) is 2.87. The van der Waals surface area contributed by atoms with Crippen LogP contribution in [0.25, 0.3) is 0 Å². The van der Waals surface area contributed by atoms with Crippen LogP contribution in [0.15, 0.2) is 34.9 Å². The minimum atomic E-state index is -3.54. The van der Waals surface area contributed by atoms with Crippen LogP contribution in [0.5, 0.6) is 0 Å². The first kappa shape index (κ1) is 13.4. The van der Waals surface area contributed by atoms with Gasteiger partial charge >= 0.3 is 0 Å². The summed E-state index contributed by atoms with van der Waals surface area (Å²) < 4.78 is 30.5. The Bertz CT molecular complexity index is 679. The van der Waals surface area contributed by atoms with Gasteiger partial charge in [0, 0.05) is 13.1 Å². The van der Waals surface area contributed by atoms with Crippen molar-refractivity contribution in [1.29, 1.82) is 0 Å². The van der Waals surface area contributed by atoms with Gasteiger partial charge in [-0.1, -0.05) is 17.3 Å². The second-order valence-electron chi connectivity index (χ2n) is 4.21. The second-order valence-corrected chi connectivity index (χ2v) is 6.21. The van der Waals surface area contributed by atoms with Gasteiger partial charge in [-0.25, -0.2) is 8.42 Å². The van der Waals surface area contributed by atoms with Gasteiger partial charge in [-0.3, -0.25) is 4.31 Å². The highest BCUT2D eigenvalue weighted by Crippen LogP contribution is 2.24. The average Bonchev–Trinajstić information content (AvgIpc) is 2.73. The first-order chi connectivity index (χ1) is 8.90. The molecule has 2 rings (SSSR count). The van der Waals surface area contributed by atoms with E-state index >= 15 is 0 Å². The van der Waals surface area contributed by atoms with Crippen LogP contribution in [-0.4, -0.2) is 20.6 Å². The normalized spacial score (nSPS) is 11.5. The van der Waals surface area contributed by atoms with Gasteiger partial charge in [-0.2, -0.15) is 0 Å². The smallest absolute Gasteiger partial charge is 0.240 e. The average molecular weight is 281 g/mol. The summed E-state index contributed by atoms with van der Waals surface area (Å²) in [5, 5.41) is 3.69. The molecule has 0 aliphatic carbocycles. The molecule has 102 valence electrons. The Kier molecular flexibility index (Phi) is 3.48. The summed E-state index contributed by atoms with van der Waals surface area (Å²) in [7, 11) is -2.08. The zero-order valence-electron chi connectivity index (χ0n) is 10.7. The van der Waals surface area contributed by atoms with Gasteiger partial charge in [0.1, 0.15) is 17.2 Å². The molecule has 1 aromatic heterocycles. The molecule has 1 aromatic carbocycles. The number of nitrogens with two attached hydrogens (primary N) is 1. The fourth-order valence-corrected chi connectivity index (χ4v) is 2.86. The number of aromatic nitrogens is 1. The number of para-hydroxylation sites is 2. The van der Waals surface area contributed by atoms with Gasteiger partial charge in [-0.15, -0.1) is 0 Å². The van der Waals surface area contributed by atoms with Crippen LogP contribution in [0.2, 0.25) is 0 Å². The van der Waals surface area contributed by atoms with E-state index in [-0.39, 0.29) is 5.75 Å². The Morgan fingerprint density at radius 3 is 2.63 bits per heavy atom. The highest BCUT2D eigenvalue weighted by Gasteiger charge is 2.22. The van der Waals surface area contributed by atoms with E-state index in [1.165, 1.54) is 7.05 Å². The number of rotatable bonds is 4. The molecule has 0 aliphatic heterocycles. The van der Waals surface area contributed by atoms with Crippen molar-refractivity contribution in [2.75, 3.05) is 17.1 Å². The van der Waals surface area contributed by atoms with Gasteiger partial charge in [0.2, 0.25) is 10.0 Å². The van der Waals surface area contributed by atoms with Crippen molar-refractivity contribution >= 4 is 21.4 Å². The summed E-state index contributed by atoms with van der Waals surface area (Å²) in [4.78, 5) is 0. The molecule has 19 heavy (non-hydrogen) atoms. The highest BCUT2D eigenvalue weighted by molar-refractivity contribution is 7.92.